The van der Waals surface area contributed by atoms with E-state index in [1.54, 1.807) is 10.4 Å². The van der Waals surface area contributed by atoms with E-state index in [1.165, 1.54) is 16.9 Å². The second-order valence-electron chi connectivity index (χ2n) is 6.57. The predicted octanol–water partition coefficient (Wildman–Crippen LogP) is 4.50. The van der Waals surface area contributed by atoms with Crippen molar-refractivity contribution in [2.24, 2.45) is 0 Å². The fourth-order valence-electron chi connectivity index (χ4n) is 3.24. The summed E-state index contributed by atoms with van der Waals surface area (Å²) in [5.41, 5.74) is 3.13. The summed E-state index contributed by atoms with van der Waals surface area (Å²) < 4.78 is 33.1. The summed E-state index contributed by atoms with van der Waals surface area (Å²) in [5.74, 6) is 0.604. The summed E-state index contributed by atoms with van der Waals surface area (Å²) in [6.45, 7) is 4.54. The highest BCUT2D eigenvalue weighted by molar-refractivity contribution is 7.89. The molecule has 4 rings (SSSR count). The van der Waals surface area contributed by atoms with Gasteiger partial charge in [-0.05, 0) is 37.5 Å². The van der Waals surface area contributed by atoms with Gasteiger partial charge in [0.05, 0.1) is 15.5 Å². The van der Waals surface area contributed by atoms with E-state index >= 15 is 0 Å². The Balaban J connectivity index is 1.59. The molecule has 0 N–H and O–H groups in total. The highest BCUT2D eigenvalue weighted by atomic mass is 32.2. The molecule has 0 unspecified atom stereocenters. The Labute approximate surface area is 163 Å². The minimum atomic E-state index is -3.54. The molecule has 1 aliphatic rings. The molecule has 3 heterocycles. The third-order valence-corrected chi connectivity index (χ3v) is 7.86. The summed E-state index contributed by atoms with van der Waals surface area (Å²) in [5, 5.41) is 3.89. The number of rotatable bonds is 4. The van der Waals surface area contributed by atoms with Crippen molar-refractivity contribution in [2.45, 2.75) is 25.2 Å². The third-order valence-electron chi connectivity index (χ3n) is 4.68. The molecular formula is C20H20N2O3S2. The fourth-order valence-corrected chi connectivity index (χ4v) is 6.13. The molecule has 0 fully saturated rings. The molecular weight excluding hydrogens is 380 g/mol. The van der Waals surface area contributed by atoms with Gasteiger partial charge in [0.25, 0.3) is 0 Å². The van der Waals surface area contributed by atoms with E-state index in [-0.39, 0.29) is 0 Å². The Hall–Kier alpha value is -2.22. The molecule has 3 aromatic rings. The second-order valence-corrected chi connectivity index (χ2v) is 9.73. The van der Waals surface area contributed by atoms with Crippen LogP contribution in [0.3, 0.4) is 0 Å². The van der Waals surface area contributed by atoms with E-state index in [2.05, 4.69) is 17.3 Å². The molecule has 0 spiro atoms. The molecule has 0 radical (unpaired) electrons. The van der Waals surface area contributed by atoms with Gasteiger partial charge in [0.1, 0.15) is 0 Å². The highest BCUT2D eigenvalue weighted by Gasteiger charge is 2.29. The number of aryl methyl sites for hydroxylation is 2. The highest BCUT2D eigenvalue weighted by Crippen LogP contribution is 2.36. The van der Waals surface area contributed by atoms with E-state index in [1.807, 2.05) is 44.2 Å². The second kappa shape index (κ2) is 7.07. The van der Waals surface area contributed by atoms with Crippen LogP contribution < -0.4 is 0 Å². The molecule has 0 aliphatic carbocycles. The quantitative estimate of drug-likeness (QED) is 0.647. The van der Waals surface area contributed by atoms with Gasteiger partial charge in [0.2, 0.25) is 10.0 Å². The Bertz CT molecular complexity index is 1100. The molecule has 0 atom stereocenters. The molecule has 0 saturated heterocycles. The van der Waals surface area contributed by atoms with Crippen molar-refractivity contribution in [1.82, 2.24) is 9.46 Å². The average molecular weight is 401 g/mol. The van der Waals surface area contributed by atoms with Gasteiger partial charge in [-0.3, -0.25) is 0 Å². The molecule has 0 saturated carbocycles. The molecule has 140 valence electrons. The van der Waals surface area contributed by atoms with E-state index in [0.717, 1.165) is 21.0 Å². The fraction of sp³-hybridized carbons (Fsp3) is 0.250. The van der Waals surface area contributed by atoms with E-state index in [0.29, 0.717) is 30.2 Å². The van der Waals surface area contributed by atoms with Crippen LogP contribution in [0.5, 0.6) is 0 Å². The van der Waals surface area contributed by atoms with Crippen molar-refractivity contribution in [3.05, 3.63) is 64.7 Å². The lowest BCUT2D eigenvalue weighted by Gasteiger charge is -2.26. The minimum Gasteiger partial charge on any atom is -0.355 e. The minimum absolute atomic E-state index is 0.355. The molecule has 0 amide bonds. The van der Waals surface area contributed by atoms with Crippen LogP contribution in [0.2, 0.25) is 0 Å². The Kier molecular flexibility index (Phi) is 4.75. The van der Waals surface area contributed by atoms with Gasteiger partial charge in [-0.25, -0.2) is 8.42 Å². The number of hydrogen-bond donors (Lipinski definition) is 0. The lowest BCUT2D eigenvalue weighted by Crippen LogP contribution is -2.34. The number of thiophene rings is 1. The molecule has 1 aromatic carbocycles. The first-order valence-corrected chi connectivity index (χ1v) is 11.0. The van der Waals surface area contributed by atoms with Gasteiger partial charge in [0, 0.05) is 24.0 Å². The Morgan fingerprint density at radius 1 is 1.15 bits per heavy atom. The maximum absolute atomic E-state index is 13.2. The van der Waals surface area contributed by atoms with Gasteiger partial charge in [-0.2, -0.15) is 4.31 Å². The van der Waals surface area contributed by atoms with Crippen molar-refractivity contribution >= 4 is 26.9 Å². The van der Waals surface area contributed by atoms with Crippen LogP contribution >= 0.6 is 11.3 Å². The van der Waals surface area contributed by atoms with E-state index in [9.17, 15) is 8.42 Å². The number of benzene rings is 1. The standard InChI is InChI=1S/C20H20N2O3S2/c1-14-12-18(25-21-14)19-13-20(15(2)26-19)27(23,24)22-10-8-17(9-11-22)16-6-4-3-5-7-16/h3-8,12-13H,9-11H2,1-2H3. The summed E-state index contributed by atoms with van der Waals surface area (Å²) in [7, 11) is -3.54. The van der Waals surface area contributed by atoms with Crippen LogP contribution in [0.25, 0.3) is 16.2 Å². The largest absolute Gasteiger partial charge is 0.355 e. The predicted molar refractivity (Wildman–Crippen MR) is 107 cm³/mol. The topological polar surface area (TPSA) is 63.4 Å². The van der Waals surface area contributed by atoms with Crippen LogP contribution in [-0.2, 0) is 10.0 Å². The van der Waals surface area contributed by atoms with E-state index in [4.69, 9.17) is 4.52 Å². The SMILES string of the molecule is Cc1cc(-c2cc(S(=O)(=O)N3CC=C(c4ccccc4)CC3)c(C)s2)on1. The van der Waals surface area contributed by atoms with Gasteiger partial charge in [-0.1, -0.05) is 41.6 Å². The zero-order valence-corrected chi connectivity index (χ0v) is 16.8. The monoisotopic (exact) mass is 400 g/mol. The zero-order chi connectivity index (χ0) is 19.0. The van der Waals surface area contributed by atoms with Crippen LogP contribution in [0.1, 0.15) is 22.6 Å². The molecule has 7 heteroatoms. The summed E-state index contributed by atoms with van der Waals surface area (Å²) in [6.07, 6.45) is 2.72. The number of hydrogen-bond acceptors (Lipinski definition) is 5. The molecule has 2 aromatic heterocycles. The van der Waals surface area contributed by atoms with Crippen LogP contribution in [0, 0.1) is 13.8 Å². The van der Waals surface area contributed by atoms with Crippen LogP contribution in [0.4, 0.5) is 0 Å². The average Bonchev–Trinajstić information content (AvgIpc) is 3.28. The molecule has 5 nitrogen and oxygen atoms in total. The van der Waals surface area contributed by atoms with Gasteiger partial charge >= 0.3 is 0 Å². The van der Waals surface area contributed by atoms with Gasteiger partial charge < -0.3 is 4.52 Å². The number of nitrogens with zero attached hydrogens (tertiary/aromatic N) is 2. The van der Waals surface area contributed by atoms with E-state index < -0.39 is 10.0 Å². The smallest absolute Gasteiger partial charge is 0.244 e. The van der Waals surface area contributed by atoms with Gasteiger partial charge in [-0.15, -0.1) is 11.3 Å². The molecule has 0 bridgehead atoms. The molecule has 27 heavy (non-hydrogen) atoms. The first kappa shape index (κ1) is 18.2. The van der Waals surface area contributed by atoms with Crippen LogP contribution in [-0.4, -0.2) is 31.0 Å². The first-order chi connectivity index (χ1) is 12.9. The Morgan fingerprint density at radius 2 is 1.93 bits per heavy atom. The summed E-state index contributed by atoms with van der Waals surface area (Å²) in [6, 6.07) is 13.6. The first-order valence-electron chi connectivity index (χ1n) is 8.74. The zero-order valence-electron chi connectivity index (χ0n) is 15.2. The maximum Gasteiger partial charge on any atom is 0.244 e. The van der Waals surface area contributed by atoms with Crippen molar-refractivity contribution in [3.8, 4) is 10.6 Å². The third kappa shape index (κ3) is 3.50. The number of sulfonamides is 1. The molecule has 1 aliphatic heterocycles. The van der Waals surface area contributed by atoms with Crippen LogP contribution in [0.15, 0.2) is 58.0 Å². The Morgan fingerprint density at radius 3 is 2.56 bits per heavy atom. The summed E-state index contributed by atoms with van der Waals surface area (Å²) in [4.78, 5) is 1.90. The maximum atomic E-state index is 13.2. The van der Waals surface area contributed by atoms with Crippen molar-refractivity contribution in [3.63, 3.8) is 0 Å². The summed E-state index contributed by atoms with van der Waals surface area (Å²) >= 11 is 1.41. The lowest BCUT2D eigenvalue weighted by molar-refractivity contribution is 0.428. The van der Waals surface area contributed by atoms with Crippen molar-refractivity contribution < 1.29 is 12.9 Å². The van der Waals surface area contributed by atoms with Crippen molar-refractivity contribution in [2.75, 3.05) is 13.1 Å². The van der Waals surface area contributed by atoms with Gasteiger partial charge in [0.15, 0.2) is 5.76 Å². The number of aromatic nitrogens is 1. The lowest BCUT2D eigenvalue weighted by atomic mass is 10.0. The normalized spacial score (nSPS) is 15.7. The van der Waals surface area contributed by atoms with Crippen molar-refractivity contribution in [1.29, 1.82) is 0 Å².